The summed E-state index contributed by atoms with van der Waals surface area (Å²) in [5, 5.41) is 6.37. The molecule has 2 heterocycles. The number of anilines is 2. The van der Waals surface area contributed by atoms with Crippen molar-refractivity contribution in [1.82, 2.24) is 10.3 Å². The molecule has 32 heavy (non-hydrogen) atoms. The van der Waals surface area contributed by atoms with Crippen LogP contribution in [0.25, 0.3) is 0 Å². The Labute approximate surface area is 188 Å². The lowest BCUT2D eigenvalue weighted by Gasteiger charge is -2.36. The number of nitrogens with one attached hydrogen (secondary N) is 2. The summed E-state index contributed by atoms with van der Waals surface area (Å²) in [5.74, 6) is -0.959. The van der Waals surface area contributed by atoms with Gasteiger partial charge in [0.2, 0.25) is 0 Å². The number of carbonyl (C=O) groups is 3. The van der Waals surface area contributed by atoms with E-state index in [9.17, 15) is 14.4 Å². The standard InChI is InChI=1S/C23H33N5O4/c1-15(29)12-20(24)22(30)27-18-13-19(23(31)32-2)21(25-14-18)28-10-8-17(9-11-28)26-16-6-4-3-5-7-16/h12-14,16-17,26H,3-11,24H2,1-2H3,(H,27,30). The largest absolute Gasteiger partial charge is 0.465 e. The Balaban J connectivity index is 1.68. The van der Waals surface area contributed by atoms with Crippen molar-refractivity contribution < 1.29 is 19.1 Å². The molecule has 1 aromatic rings. The zero-order chi connectivity index (χ0) is 23.1. The monoisotopic (exact) mass is 443 g/mol. The van der Waals surface area contributed by atoms with E-state index in [0.29, 0.717) is 23.6 Å². The fourth-order valence-electron chi connectivity index (χ4n) is 4.39. The third-order valence-electron chi connectivity index (χ3n) is 6.02. The van der Waals surface area contributed by atoms with Gasteiger partial charge in [-0.05, 0) is 38.7 Å². The van der Waals surface area contributed by atoms with E-state index in [2.05, 4.69) is 20.5 Å². The van der Waals surface area contributed by atoms with Gasteiger partial charge in [-0.2, -0.15) is 0 Å². The predicted molar refractivity (Wildman–Crippen MR) is 122 cm³/mol. The van der Waals surface area contributed by atoms with Gasteiger partial charge >= 0.3 is 5.97 Å². The Morgan fingerprint density at radius 2 is 1.78 bits per heavy atom. The average Bonchev–Trinajstić information content (AvgIpc) is 2.79. The number of hydrogen-bond acceptors (Lipinski definition) is 8. The third-order valence-corrected chi connectivity index (χ3v) is 6.02. The number of esters is 1. The Morgan fingerprint density at radius 3 is 2.41 bits per heavy atom. The lowest BCUT2D eigenvalue weighted by atomic mass is 9.93. The summed E-state index contributed by atoms with van der Waals surface area (Å²) in [6.45, 7) is 2.86. The molecule has 0 aromatic carbocycles. The molecule has 174 valence electrons. The number of ketones is 1. The first-order valence-electron chi connectivity index (χ1n) is 11.3. The maximum absolute atomic E-state index is 12.4. The molecule has 1 aliphatic heterocycles. The van der Waals surface area contributed by atoms with Gasteiger partial charge in [0.15, 0.2) is 5.78 Å². The highest BCUT2D eigenvalue weighted by molar-refractivity contribution is 6.07. The van der Waals surface area contributed by atoms with Gasteiger partial charge in [0.1, 0.15) is 17.1 Å². The fraction of sp³-hybridized carbons (Fsp3) is 0.565. The van der Waals surface area contributed by atoms with Crippen molar-refractivity contribution in [2.75, 3.05) is 30.4 Å². The van der Waals surface area contributed by atoms with Crippen LogP contribution in [0.1, 0.15) is 62.2 Å². The molecule has 1 aromatic heterocycles. The van der Waals surface area contributed by atoms with Gasteiger partial charge in [-0.25, -0.2) is 9.78 Å². The molecule has 0 unspecified atom stereocenters. The number of pyridine rings is 1. The number of aromatic nitrogens is 1. The number of ether oxygens (including phenoxy) is 1. The first-order valence-corrected chi connectivity index (χ1v) is 11.3. The summed E-state index contributed by atoms with van der Waals surface area (Å²) >= 11 is 0. The van der Waals surface area contributed by atoms with Crippen molar-refractivity contribution >= 4 is 29.2 Å². The maximum Gasteiger partial charge on any atom is 0.341 e. The summed E-state index contributed by atoms with van der Waals surface area (Å²) in [6.07, 6.45) is 10.9. The number of allylic oxidation sites excluding steroid dienone is 1. The highest BCUT2D eigenvalue weighted by Crippen LogP contribution is 2.26. The van der Waals surface area contributed by atoms with Gasteiger partial charge in [-0.1, -0.05) is 19.3 Å². The zero-order valence-corrected chi connectivity index (χ0v) is 18.9. The zero-order valence-electron chi connectivity index (χ0n) is 18.9. The van der Waals surface area contributed by atoms with Crippen LogP contribution >= 0.6 is 0 Å². The van der Waals surface area contributed by atoms with Gasteiger partial charge in [0.25, 0.3) is 5.91 Å². The molecule has 2 fully saturated rings. The topological polar surface area (TPSA) is 127 Å². The van der Waals surface area contributed by atoms with E-state index < -0.39 is 11.9 Å². The second-order valence-electron chi connectivity index (χ2n) is 8.51. The number of piperidine rings is 1. The summed E-state index contributed by atoms with van der Waals surface area (Å²) in [5.41, 5.74) is 5.98. The normalized spacial score (nSPS) is 18.3. The molecule has 1 aliphatic carbocycles. The summed E-state index contributed by atoms with van der Waals surface area (Å²) in [4.78, 5) is 42.3. The van der Waals surface area contributed by atoms with Crippen LogP contribution in [0.4, 0.5) is 11.5 Å². The van der Waals surface area contributed by atoms with E-state index in [0.717, 1.165) is 32.0 Å². The smallest absolute Gasteiger partial charge is 0.341 e. The number of methoxy groups -OCH3 is 1. The van der Waals surface area contributed by atoms with Gasteiger partial charge in [-0.3, -0.25) is 9.59 Å². The fourth-order valence-corrected chi connectivity index (χ4v) is 4.39. The minimum absolute atomic E-state index is 0.214. The molecule has 0 radical (unpaired) electrons. The molecule has 9 heteroatoms. The molecule has 2 aliphatic rings. The third kappa shape index (κ3) is 6.29. The van der Waals surface area contributed by atoms with Crippen LogP contribution in [0.2, 0.25) is 0 Å². The molecule has 0 bridgehead atoms. The summed E-state index contributed by atoms with van der Waals surface area (Å²) in [7, 11) is 1.31. The minimum atomic E-state index is -0.639. The Hall–Kier alpha value is -2.94. The molecule has 4 N–H and O–H groups in total. The Kier molecular flexibility index (Phi) is 8.21. The number of hydrogen-bond donors (Lipinski definition) is 3. The van der Waals surface area contributed by atoms with Crippen LogP contribution in [0, 0.1) is 0 Å². The number of carbonyl (C=O) groups excluding carboxylic acids is 3. The summed E-state index contributed by atoms with van der Waals surface area (Å²) in [6, 6.07) is 2.63. The molecule has 0 spiro atoms. The van der Waals surface area contributed by atoms with E-state index >= 15 is 0 Å². The number of nitrogens with two attached hydrogens (primary N) is 1. The van der Waals surface area contributed by atoms with E-state index in [4.69, 9.17) is 10.5 Å². The van der Waals surface area contributed by atoms with Crippen molar-refractivity contribution in [2.24, 2.45) is 5.73 Å². The number of amides is 1. The van der Waals surface area contributed by atoms with Crippen molar-refractivity contribution in [1.29, 1.82) is 0 Å². The molecule has 0 atom stereocenters. The predicted octanol–water partition coefficient (Wildman–Crippen LogP) is 2.13. The Bertz CT molecular complexity index is 871. The number of rotatable bonds is 7. The van der Waals surface area contributed by atoms with Gasteiger partial charge in [-0.15, -0.1) is 0 Å². The summed E-state index contributed by atoms with van der Waals surface area (Å²) < 4.78 is 4.94. The quantitative estimate of drug-likeness (QED) is 0.432. The maximum atomic E-state index is 12.4. The molecular formula is C23H33N5O4. The van der Waals surface area contributed by atoms with Crippen LogP contribution < -0.4 is 21.3 Å². The molecular weight excluding hydrogens is 410 g/mol. The first-order chi connectivity index (χ1) is 15.4. The highest BCUT2D eigenvalue weighted by atomic mass is 16.5. The molecule has 1 saturated heterocycles. The van der Waals surface area contributed by atoms with Crippen LogP contribution in [0.3, 0.4) is 0 Å². The highest BCUT2D eigenvalue weighted by Gasteiger charge is 2.26. The van der Waals surface area contributed by atoms with Crippen LogP contribution in [0.5, 0.6) is 0 Å². The molecule has 3 rings (SSSR count). The van der Waals surface area contributed by atoms with Crippen molar-refractivity contribution in [3.05, 3.63) is 29.6 Å². The van der Waals surface area contributed by atoms with E-state index in [1.807, 2.05) is 0 Å². The average molecular weight is 444 g/mol. The van der Waals surface area contributed by atoms with E-state index in [1.165, 1.54) is 58.4 Å². The molecule has 1 amide bonds. The minimum Gasteiger partial charge on any atom is -0.465 e. The second kappa shape index (κ2) is 11.1. The van der Waals surface area contributed by atoms with Crippen LogP contribution in [-0.2, 0) is 14.3 Å². The molecule has 1 saturated carbocycles. The second-order valence-corrected chi connectivity index (χ2v) is 8.51. The Morgan fingerprint density at radius 1 is 1.12 bits per heavy atom. The van der Waals surface area contributed by atoms with Crippen molar-refractivity contribution in [2.45, 2.75) is 64.0 Å². The lowest BCUT2D eigenvalue weighted by Crippen LogP contribution is -2.47. The van der Waals surface area contributed by atoms with Crippen molar-refractivity contribution in [3.8, 4) is 0 Å². The van der Waals surface area contributed by atoms with Gasteiger partial charge in [0.05, 0.1) is 19.0 Å². The molecule has 9 nitrogen and oxygen atoms in total. The lowest BCUT2D eigenvalue weighted by molar-refractivity contribution is -0.115. The van der Waals surface area contributed by atoms with Gasteiger partial charge < -0.3 is 26.0 Å². The van der Waals surface area contributed by atoms with E-state index in [1.54, 1.807) is 0 Å². The SMILES string of the molecule is COC(=O)c1cc(NC(=O)C(N)=CC(C)=O)cnc1N1CCC(NC2CCCCC2)CC1. The number of nitrogens with zero attached hydrogens (tertiary/aromatic N) is 2. The van der Waals surface area contributed by atoms with Crippen LogP contribution in [-0.4, -0.2) is 54.9 Å². The van der Waals surface area contributed by atoms with E-state index in [-0.39, 0.29) is 17.0 Å². The first kappa shape index (κ1) is 23.7. The van der Waals surface area contributed by atoms with Gasteiger partial charge in [0, 0.05) is 31.2 Å². The van der Waals surface area contributed by atoms with Crippen LogP contribution in [0.15, 0.2) is 24.0 Å². The van der Waals surface area contributed by atoms with Crippen molar-refractivity contribution in [3.63, 3.8) is 0 Å².